The van der Waals surface area contributed by atoms with E-state index in [1.54, 1.807) is 0 Å². The van der Waals surface area contributed by atoms with Crippen LogP contribution in [-0.2, 0) is 9.53 Å². The van der Waals surface area contributed by atoms with Gasteiger partial charge in [0, 0.05) is 6.54 Å². The molecule has 0 aliphatic carbocycles. The van der Waals surface area contributed by atoms with Crippen molar-refractivity contribution in [3.63, 3.8) is 0 Å². The maximum Gasteiger partial charge on any atom is 0.312 e. The zero-order valence-corrected chi connectivity index (χ0v) is 7.97. The van der Waals surface area contributed by atoms with E-state index in [1.165, 1.54) is 7.11 Å². The van der Waals surface area contributed by atoms with E-state index in [4.69, 9.17) is 0 Å². The quantitative estimate of drug-likeness (QED) is 0.569. The molecule has 0 radical (unpaired) electrons. The lowest BCUT2D eigenvalue weighted by Gasteiger charge is -2.24. The highest BCUT2D eigenvalue weighted by Gasteiger charge is 2.28. The number of hydrogen-bond donors (Lipinski definition) is 0. The van der Waals surface area contributed by atoms with Gasteiger partial charge in [-0.25, -0.2) is 0 Å². The van der Waals surface area contributed by atoms with Crippen LogP contribution >= 0.6 is 0 Å². The molecule has 0 aromatic rings. The Morgan fingerprint density at radius 1 is 1.45 bits per heavy atom. The Morgan fingerprint density at radius 2 is 1.91 bits per heavy atom. The number of esters is 1. The maximum atomic E-state index is 11.1. The van der Waals surface area contributed by atoms with Crippen molar-refractivity contribution in [3.8, 4) is 0 Å². The van der Waals surface area contributed by atoms with E-state index in [-0.39, 0.29) is 5.97 Å². The first-order chi connectivity index (χ1) is 4.90. The summed E-state index contributed by atoms with van der Waals surface area (Å²) in [6.45, 7) is 4.46. The van der Waals surface area contributed by atoms with Crippen LogP contribution in [0.15, 0.2) is 0 Å². The summed E-state index contributed by atoms with van der Waals surface area (Å²) in [7, 11) is 5.29. The predicted octanol–water partition coefficient (Wildman–Crippen LogP) is 0.747. The van der Waals surface area contributed by atoms with Gasteiger partial charge in [-0.2, -0.15) is 0 Å². The minimum atomic E-state index is -0.405. The smallest absolute Gasteiger partial charge is 0.312 e. The Kier molecular flexibility index (Phi) is 3.52. The van der Waals surface area contributed by atoms with Gasteiger partial charge in [0.1, 0.15) is 0 Å². The first kappa shape index (κ1) is 10.4. The van der Waals surface area contributed by atoms with Crippen molar-refractivity contribution in [2.45, 2.75) is 13.8 Å². The van der Waals surface area contributed by atoms with E-state index in [0.29, 0.717) is 6.54 Å². The Balaban J connectivity index is 4.09. The van der Waals surface area contributed by atoms with Crippen molar-refractivity contribution in [2.24, 2.45) is 5.41 Å². The highest BCUT2D eigenvalue weighted by molar-refractivity contribution is 5.75. The molecule has 0 aliphatic heterocycles. The predicted molar refractivity (Wildman–Crippen MR) is 44.4 cm³/mol. The van der Waals surface area contributed by atoms with Crippen LogP contribution in [-0.4, -0.2) is 38.6 Å². The molecule has 3 nitrogen and oxygen atoms in total. The van der Waals surface area contributed by atoms with Crippen LogP contribution in [0.1, 0.15) is 13.8 Å². The van der Waals surface area contributed by atoms with Crippen LogP contribution in [0, 0.1) is 5.41 Å². The lowest BCUT2D eigenvalue weighted by Crippen LogP contribution is -2.36. The third-order valence-corrected chi connectivity index (χ3v) is 1.45. The van der Waals surface area contributed by atoms with Gasteiger partial charge < -0.3 is 9.64 Å². The molecule has 66 valence electrons. The van der Waals surface area contributed by atoms with Gasteiger partial charge in [0.15, 0.2) is 0 Å². The second-order valence-corrected chi connectivity index (χ2v) is 3.61. The fourth-order valence-corrected chi connectivity index (χ4v) is 1.13. The van der Waals surface area contributed by atoms with Gasteiger partial charge in [-0.3, -0.25) is 4.79 Å². The van der Waals surface area contributed by atoms with Crippen LogP contribution < -0.4 is 0 Å². The van der Waals surface area contributed by atoms with Gasteiger partial charge in [0.25, 0.3) is 0 Å². The molecule has 0 saturated carbocycles. The second kappa shape index (κ2) is 3.72. The van der Waals surface area contributed by atoms with E-state index >= 15 is 0 Å². The minimum absolute atomic E-state index is 0.161. The number of methoxy groups -OCH3 is 1. The Bertz CT molecular complexity index is 141. The molecule has 3 heteroatoms. The fourth-order valence-electron chi connectivity index (χ4n) is 1.13. The maximum absolute atomic E-state index is 11.1. The normalized spacial score (nSPS) is 11.8. The van der Waals surface area contributed by atoms with Gasteiger partial charge in [0.2, 0.25) is 0 Å². The molecule has 0 amide bonds. The van der Waals surface area contributed by atoms with Crippen molar-refractivity contribution >= 4 is 5.97 Å². The molecule has 11 heavy (non-hydrogen) atoms. The average Bonchev–Trinajstić information content (AvgIpc) is 1.83. The van der Waals surface area contributed by atoms with Crippen molar-refractivity contribution in [3.05, 3.63) is 0 Å². The lowest BCUT2D eigenvalue weighted by atomic mass is 9.93. The van der Waals surface area contributed by atoms with Gasteiger partial charge in [-0.05, 0) is 27.9 Å². The fraction of sp³-hybridized carbons (Fsp3) is 0.875. The SMILES string of the molecule is COC(=O)C(C)(C)CN(C)C. The molecule has 0 saturated heterocycles. The highest BCUT2D eigenvalue weighted by Crippen LogP contribution is 2.17. The summed E-state index contributed by atoms with van der Waals surface area (Å²) in [6, 6.07) is 0. The summed E-state index contributed by atoms with van der Waals surface area (Å²) in [5.41, 5.74) is -0.405. The summed E-state index contributed by atoms with van der Waals surface area (Å²) in [5, 5.41) is 0. The molecular weight excluding hydrogens is 142 g/mol. The standard InChI is InChI=1S/C8H17NO2/c1-8(2,6-9(3)4)7(10)11-5/h6H2,1-5H3. The van der Waals surface area contributed by atoms with E-state index in [9.17, 15) is 4.79 Å². The molecule has 0 heterocycles. The van der Waals surface area contributed by atoms with Crippen LogP contribution in [0.25, 0.3) is 0 Å². The number of rotatable bonds is 3. The third-order valence-electron chi connectivity index (χ3n) is 1.45. The van der Waals surface area contributed by atoms with Gasteiger partial charge in [-0.15, -0.1) is 0 Å². The zero-order valence-electron chi connectivity index (χ0n) is 7.97. The monoisotopic (exact) mass is 159 g/mol. The molecule has 0 aliphatic rings. The van der Waals surface area contributed by atoms with E-state index in [1.807, 2.05) is 32.8 Å². The molecule has 0 aromatic carbocycles. The molecule has 0 bridgehead atoms. The molecule has 0 fully saturated rings. The minimum Gasteiger partial charge on any atom is -0.469 e. The number of ether oxygens (including phenoxy) is 1. The summed E-state index contributed by atoms with van der Waals surface area (Å²) in [5.74, 6) is -0.161. The summed E-state index contributed by atoms with van der Waals surface area (Å²) >= 11 is 0. The van der Waals surface area contributed by atoms with E-state index in [0.717, 1.165) is 0 Å². The largest absolute Gasteiger partial charge is 0.469 e. The molecular formula is C8H17NO2. The van der Waals surface area contributed by atoms with Gasteiger partial charge in [-0.1, -0.05) is 0 Å². The topological polar surface area (TPSA) is 29.5 Å². The van der Waals surface area contributed by atoms with E-state index in [2.05, 4.69) is 4.74 Å². The highest BCUT2D eigenvalue weighted by atomic mass is 16.5. The average molecular weight is 159 g/mol. The van der Waals surface area contributed by atoms with Crippen LogP contribution in [0.4, 0.5) is 0 Å². The molecule has 0 atom stereocenters. The zero-order chi connectivity index (χ0) is 9.07. The van der Waals surface area contributed by atoms with Gasteiger partial charge in [0.05, 0.1) is 12.5 Å². The van der Waals surface area contributed by atoms with Crippen molar-refractivity contribution in [1.29, 1.82) is 0 Å². The summed E-state index contributed by atoms with van der Waals surface area (Å²) in [6.07, 6.45) is 0. The number of carbonyl (C=O) groups excluding carboxylic acids is 1. The van der Waals surface area contributed by atoms with Gasteiger partial charge >= 0.3 is 5.97 Å². The Labute approximate surface area is 68.3 Å². The molecule has 0 N–H and O–H groups in total. The Hall–Kier alpha value is -0.570. The van der Waals surface area contributed by atoms with Crippen LogP contribution in [0.5, 0.6) is 0 Å². The van der Waals surface area contributed by atoms with Crippen molar-refractivity contribution in [2.75, 3.05) is 27.7 Å². The first-order valence-electron chi connectivity index (χ1n) is 3.63. The molecule has 0 rings (SSSR count). The van der Waals surface area contributed by atoms with E-state index < -0.39 is 5.41 Å². The Morgan fingerprint density at radius 3 is 2.18 bits per heavy atom. The number of hydrogen-bond acceptors (Lipinski definition) is 3. The van der Waals surface area contributed by atoms with Crippen LogP contribution in [0.2, 0.25) is 0 Å². The summed E-state index contributed by atoms with van der Waals surface area (Å²) < 4.78 is 4.65. The first-order valence-corrected chi connectivity index (χ1v) is 3.63. The lowest BCUT2D eigenvalue weighted by molar-refractivity contribution is -0.151. The summed E-state index contributed by atoms with van der Waals surface area (Å²) in [4.78, 5) is 13.1. The number of nitrogens with zero attached hydrogens (tertiary/aromatic N) is 1. The number of carbonyl (C=O) groups is 1. The van der Waals surface area contributed by atoms with Crippen molar-refractivity contribution < 1.29 is 9.53 Å². The molecule has 0 aromatic heterocycles. The molecule has 0 unspecified atom stereocenters. The third kappa shape index (κ3) is 3.37. The van der Waals surface area contributed by atoms with Crippen LogP contribution in [0.3, 0.4) is 0 Å². The van der Waals surface area contributed by atoms with Crippen molar-refractivity contribution in [1.82, 2.24) is 4.90 Å². The molecule has 0 spiro atoms. The second-order valence-electron chi connectivity index (χ2n) is 3.61.